The molecule has 0 aliphatic heterocycles. The van der Waals surface area contributed by atoms with Crippen LogP contribution in [0.25, 0.3) is 0 Å². The molecule has 0 bridgehead atoms. The van der Waals surface area contributed by atoms with Crippen LogP contribution < -0.4 is 10.8 Å². The lowest BCUT2D eigenvalue weighted by atomic mass is 10.1. The number of hydroxylamine groups is 1. The molecule has 0 aliphatic carbocycles. The molecule has 1 rings (SSSR count). The van der Waals surface area contributed by atoms with Gasteiger partial charge in [-0.05, 0) is 32.9 Å². The molecular formula is C13H18N2O3. The summed E-state index contributed by atoms with van der Waals surface area (Å²) >= 11 is 0. The molecule has 0 aliphatic rings. The van der Waals surface area contributed by atoms with Gasteiger partial charge in [0, 0.05) is 5.56 Å². The van der Waals surface area contributed by atoms with Crippen LogP contribution in [-0.2, 0) is 9.63 Å². The van der Waals surface area contributed by atoms with E-state index in [4.69, 9.17) is 4.84 Å². The first-order chi connectivity index (χ1) is 8.52. The first-order valence-corrected chi connectivity index (χ1v) is 5.80. The smallest absolute Gasteiger partial charge is 0.262 e. The van der Waals surface area contributed by atoms with Crippen LogP contribution in [0.4, 0.5) is 0 Å². The highest BCUT2D eigenvalue weighted by atomic mass is 16.6. The Morgan fingerprint density at radius 2 is 1.78 bits per heavy atom. The molecule has 18 heavy (non-hydrogen) atoms. The minimum Gasteiger partial charge on any atom is -0.343 e. The van der Waals surface area contributed by atoms with Crippen molar-refractivity contribution in [2.24, 2.45) is 0 Å². The fourth-order valence-electron chi connectivity index (χ4n) is 1.56. The van der Waals surface area contributed by atoms with Crippen LogP contribution in [0, 0.1) is 13.8 Å². The van der Waals surface area contributed by atoms with E-state index in [9.17, 15) is 9.59 Å². The third-order valence-corrected chi connectivity index (χ3v) is 2.22. The molecule has 0 saturated heterocycles. The van der Waals surface area contributed by atoms with E-state index in [-0.39, 0.29) is 18.4 Å². The molecule has 98 valence electrons. The average molecular weight is 250 g/mol. The summed E-state index contributed by atoms with van der Waals surface area (Å²) in [6.45, 7) is 5.88. The highest BCUT2D eigenvalue weighted by Gasteiger charge is 2.08. The first-order valence-electron chi connectivity index (χ1n) is 5.80. The van der Waals surface area contributed by atoms with E-state index in [0.717, 1.165) is 11.1 Å². The zero-order valence-electron chi connectivity index (χ0n) is 10.9. The number of rotatable bonds is 5. The predicted molar refractivity (Wildman–Crippen MR) is 68.0 cm³/mol. The van der Waals surface area contributed by atoms with Gasteiger partial charge in [0.2, 0.25) is 0 Å². The van der Waals surface area contributed by atoms with Crippen LogP contribution >= 0.6 is 0 Å². The quantitative estimate of drug-likeness (QED) is 0.769. The molecule has 0 atom stereocenters. The molecule has 1 aromatic carbocycles. The summed E-state index contributed by atoms with van der Waals surface area (Å²) < 4.78 is 0. The molecule has 5 heteroatoms. The zero-order chi connectivity index (χ0) is 13.5. The number of amides is 2. The third-order valence-electron chi connectivity index (χ3n) is 2.22. The van der Waals surface area contributed by atoms with E-state index in [1.807, 2.05) is 19.9 Å². The molecule has 0 heterocycles. The minimum atomic E-state index is -0.380. The number of hydrogen-bond donors (Lipinski definition) is 2. The first kappa shape index (κ1) is 14.2. The van der Waals surface area contributed by atoms with Crippen LogP contribution in [-0.4, -0.2) is 25.0 Å². The highest BCUT2D eigenvalue weighted by molar-refractivity contribution is 5.96. The maximum Gasteiger partial charge on any atom is 0.262 e. The van der Waals surface area contributed by atoms with Gasteiger partial charge in [0.25, 0.3) is 11.8 Å². The van der Waals surface area contributed by atoms with Crippen molar-refractivity contribution in [3.05, 3.63) is 34.9 Å². The molecule has 1 aromatic rings. The maximum atomic E-state index is 11.8. The van der Waals surface area contributed by atoms with Crippen molar-refractivity contribution in [3.8, 4) is 0 Å². The molecule has 0 unspecified atom stereocenters. The lowest BCUT2D eigenvalue weighted by molar-refractivity contribution is -0.132. The van der Waals surface area contributed by atoms with E-state index in [2.05, 4.69) is 10.8 Å². The van der Waals surface area contributed by atoms with E-state index in [1.165, 1.54) is 0 Å². The summed E-state index contributed by atoms with van der Waals surface area (Å²) in [4.78, 5) is 27.7. The number of carbonyl (C=O) groups excluding carboxylic acids is 2. The van der Waals surface area contributed by atoms with Gasteiger partial charge in [-0.15, -0.1) is 0 Å². The Morgan fingerprint density at radius 1 is 1.17 bits per heavy atom. The van der Waals surface area contributed by atoms with Gasteiger partial charge in [-0.3, -0.25) is 14.4 Å². The zero-order valence-corrected chi connectivity index (χ0v) is 10.9. The largest absolute Gasteiger partial charge is 0.343 e. The average Bonchev–Trinajstić information content (AvgIpc) is 2.32. The molecule has 0 fully saturated rings. The SMILES string of the molecule is CCONC(=O)CNC(=O)c1cc(C)cc(C)c1. The van der Waals surface area contributed by atoms with E-state index < -0.39 is 0 Å². The summed E-state index contributed by atoms with van der Waals surface area (Å²) in [6, 6.07) is 5.55. The van der Waals surface area contributed by atoms with Crippen molar-refractivity contribution in [1.29, 1.82) is 0 Å². The number of benzene rings is 1. The Morgan fingerprint density at radius 3 is 2.33 bits per heavy atom. The Bertz CT molecular complexity index is 424. The Labute approximate surface area is 106 Å². The molecule has 2 N–H and O–H groups in total. The summed E-state index contributed by atoms with van der Waals surface area (Å²) in [7, 11) is 0. The van der Waals surface area contributed by atoms with Crippen molar-refractivity contribution < 1.29 is 14.4 Å². The summed E-state index contributed by atoms with van der Waals surface area (Å²) in [5.41, 5.74) is 4.79. The van der Waals surface area contributed by atoms with Crippen LogP contribution in [0.5, 0.6) is 0 Å². The van der Waals surface area contributed by atoms with Crippen LogP contribution in [0.3, 0.4) is 0 Å². The van der Waals surface area contributed by atoms with Gasteiger partial charge in [-0.2, -0.15) is 0 Å². The Balaban J connectivity index is 2.52. The number of hydrogen-bond acceptors (Lipinski definition) is 3. The fourth-order valence-corrected chi connectivity index (χ4v) is 1.56. The van der Waals surface area contributed by atoms with Crippen molar-refractivity contribution in [2.45, 2.75) is 20.8 Å². The standard InChI is InChI=1S/C13H18N2O3/c1-4-18-15-12(16)8-14-13(17)11-6-9(2)5-10(3)7-11/h5-7H,4,8H2,1-3H3,(H,14,17)(H,15,16). The van der Waals surface area contributed by atoms with E-state index in [0.29, 0.717) is 12.2 Å². The van der Waals surface area contributed by atoms with Gasteiger partial charge in [-0.1, -0.05) is 17.2 Å². The Kier molecular flexibility index (Phi) is 5.32. The summed E-state index contributed by atoms with van der Waals surface area (Å²) in [6.07, 6.45) is 0. The summed E-state index contributed by atoms with van der Waals surface area (Å²) in [5.74, 6) is -0.650. The normalized spacial score (nSPS) is 9.94. The second-order valence-electron chi connectivity index (χ2n) is 4.02. The molecule has 0 spiro atoms. The van der Waals surface area contributed by atoms with Crippen LogP contribution in [0.15, 0.2) is 18.2 Å². The highest BCUT2D eigenvalue weighted by Crippen LogP contribution is 2.08. The van der Waals surface area contributed by atoms with Crippen molar-refractivity contribution in [2.75, 3.05) is 13.2 Å². The molecule has 0 radical (unpaired) electrons. The molecule has 0 aromatic heterocycles. The second-order valence-corrected chi connectivity index (χ2v) is 4.02. The molecule has 2 amide bonds. The lowest BCUT2D eigenvalue weighted by Gasteiger charge is -2.07. The van der Waals surface area contributed by atoms with Gasteiger partial charge in [0.05, 0.1) is 13.2 Å². The predicted octanol–water partition coefficient (Wildman–Crippen LogP) is 1.10. The van der Waals surface area contributed by atoms with Gasteiger partial charge in [0.15, 0.2) is 0 Å². The summed E-state index contributed by atoms with van der Waals surface area (Å²) in [5, 5.41) is 2.53. The van der Waals surface area contributed by atoms with E-state index in [1.54, 1.807) is 19.1 Å². The van der Waals surface area contributed by atoms with Gasteiger partial charge < -0.3 is 5.32 Å². The molecule has 5 nitrogen and oxygen atoms in total. The molecule has 0 saturated carbocycles. The van der Waals surface area contributed by atoms with Crippen molar-refractivity contribution >= 4 is 11.8 Å². The lowest BCUT2D eigenvalue weighted by Crippen LogP contribution is -2.36. The third kappa shape index (κ3) is 4.55. The van der Waals surface area contributed by atoms with Gasteiger partial charge >= 0.3 is 0 Å². The maximum absolute atomic E-state index is 11.8. The van der Waals surface area contributed by atoms with Gasteiger partial charge in [0.1, 0.15) is 0 Å². The number of aryl methyl sites for hydroxylation is 2. The van der Waals surface area contributed by atoms with Gasteiger partial charge in [-0.25, -0.2) is 5.48 Å². The Hall–Kier alpha value is -1.88. The minimum absolute atomic E-state index is 0.105. The van der Waals surface area contributed by atoms with E-state index >= 15 is 0 Å². The van der Waals surface area contributed by atoms with Crippen LogP contribution in [0.2, 0.25) is 0 Å². The van der Waals surface area contributed by atoms with Crippen molar-refractivity contribution in [1.82, 2.24) is 10.8 Å². The topological polar surface area (TPSA) is 67.4 Å². The fraction of sp³-hybridized carbons (Fsp3) is 0.385. The van der Waals surface area contributed by atoms with Crippen molar-refractivity contribution in [3.63, 3.8) is 0 Å². The second kappa shape index (κ2) is 6.76. The number of carbonyl (C=O) groups is 2. The monoisotopic (exact) mass is 250 g/mol. The molecular weight excluding hydrogens is 232 g/mol. The number of nitrogens with one attached hydrogen (secondary N) is 2. The van der Waals surface area contributed by atoms with Crippen LogP contribution in [0.1, 0.15) is 28.4 Å².